The number of carboxylic acid groups (broad SMARTS) is 1. The van der Waals surface area contributed by atoms with Gasteiger partial charge in [0.1, 0.15) is 11.4 Å². The van der Waals surface area contributed by atoms with Crippen molar-refractivity contribution >= 4 is 17.7 Å². The van der Waals surface area contributed by atoms with Crippen LogP contribution in [0.2, 0.25) is 0 Å². The van der Waals surface area contributed by atoms with Crippen molar-refractivity contribution in [2.24, 2.45) is 0 Å². The number of ether oxygens (including phenoxy) is 2. The summed E-state index contributed by atoms with van der Waals surface area (Å²) in [5.74, 6) is -0.507. The van der Waals surface area contributed by atoms with E-state index < -0.39 is 17.7 Å². The molecule has 0 aromatic heterocycles. The zero-order valence-electron chi connectivity index (χ0n) is 12.8. The normalized spacial score (nSPS) is 10.9. The predicted octanol–water partition coefficient (Wildman–Crippen LogP) is 2.91. The van der Waals surface area contributed by atoms with Crippen molar-refractivity contribution in [1.82, 2.24) is 0 Å². The van der Waals surface area contributed by atoms with E-state index in [0.717, 1.165) is 0 Å². The summed E-state index contributed by atoms with van der Waals surface area (Å²) in [6.45, 7) is 5.26. The van der Waals surface area contributed by atoms with Crippen molar-refractivity contribution < 1.29 is 24.2 Å². The quantitative estimate of drug-likeness (QED) is 0.903. The molecule has 0 bridgehead atoms. The molecule has 21 heavy (non-hydrogen) atoms. The third-order valence-corrected chi connectivity index (χ3v) is 2.54. The van der Waals surface area contributed by atoms with E-state index >= 15 is 0 Å². The van der Waals surface area contributed by atoms with E-state index in [-0.39, 0.29) is 13.0 Å². The molecule has 1 amide bonds. The summed E-state index contributed by atoms with van der Waals surface area (Å²) in [4.78, 5) is 24.4. The molecule has 1 N–H and O–H groups in total. The molecule has 116 valence electrons. The number of para-hydroxylation sites is 2. The molecule has 0 atom stereocenters. The van der Waals surface area contributed by atoms with Gasteiger partial charge in [-0.05, 0) is 32.9 Å². The number of hydrogen-bond acceptors (Lipinski definition) is 4. The fraction of sp³-hybridized carbons (Fsp3) is 0.467. The molecular formula is C15H21NO5. The van der Waals surface area contributed by atoms with Gasteiger partial charge in [0.25, 0.3) is 0 Å². The van der Waals surface area contributed by atoms with E-state index in [2.05, 4.69) is 0 Å². The molecule has 0 heterocycles. The highest BCUT2D eigenvalue weighted by Gasteiger charge is 2.25. The highest BCUT2D eigenvalue weighted by Crippen LogP contribution is 2.29. The summed E-state index contributed by atoms with van der Waals surface area (Å²) >= 11 is 0. The molecule has 1 aromatic rings. The van der Waals surface area contributed by atoms with Crippen molar-refractivity contribution in [2.45, 2.75) is 32.8 Å². The van der Waals surface area contributed by atoms with Crippen molar-refractivity contribution in [2.75, 3.05) is 18.6 Å². The summed E-state index contributed by atoms with van der Waals surface area (Å²) in [6, 6.07) is 6.90. The lowest BCUT2D eigenvalue weighted by Crippen LogP contribution is -2.38. The maximum atomic E-state index is 12.3. The average Bonchev–Trinajstić information content (AvgIpc) is 2.37. The molecule has 6 heteroatoms. The van der Waals surface area contributed by atoms with Crippen LogP contribution in [0.4, 0.5) is 10.5 Å². The Morgan fingerprint density at radius 2 is 1.86 bits per heavy atom. The van der Waals surface area contributed by atoms with Crippen LogP contribution in [0.15, 0.2) is 24.3 Å². The molecule has 1 aromatic carbocycles. The second-order valence-corrected chi connectivity index (χ2v) is 5.45. The molecule has 0 radical (unpaired) electrons. The van der Waals surface area contributed by atoms with Gasteiger partial charge in [0.05, 0.1) is 19.2 Å². The van der Waals surface area contributed by atoms with E-state index in [9.17, 15) is 9.59 Å². The minimum atomic E-state index is -0.988. The number of benzene rings is 1. The number of nitrogens with zero attached hydrogens (tertiary/aromatic N) is 1. The lowest BCUT2D eigenvalue weighted by Gasteiger charge is -2.28. The fourth-order valence-electron chi connectivity index (χ4n) is 1.69. The number of rotatable bonds is 5. The Balaban J connectivity index is 3.06. The molecule has 0 unspecified atom stereocenters. The minimum Gasteiger partial charge on any atom is -0.495 e. The van der Waals surface area contributed by atoms with Gasteiger partial charge in [-0.3, -0.25) is 9.69 Å². The highest BCUT2D eigenvalue weighted by molar-refractivity contribution is 5.90. The van der Waals surface area contributed by atoms with Crippen molar-refractivity contribution in [1.29, 1.82) is 0 Å². The van der Waals surface area contributed by atoms with Crippen LogP contribution in [-0.2, 0) is 9.53 Å². The zero-order valence-corrected chi connectivity index (χ0v) is 12.8. The van der Waals surface area contributed by atoms with Crippen LogP contribution < -0.4 is 9.64 Å². The molecule has 6 nitrogen and oxygen atoms in total. The van der Waals surface area contributed by atoms with Crippen molar-refractivity contribution in [3.8, 4) is 5.75 Å². The van der Waals surface area contributed by atoms with Crippen LogP contribution in [0.25, 0.3) is 0 Å². The van der Waals surface area contributed by atoms with E-state index in [4.69, 9.17) is 14.6 Å². The second kappa shape index (κ2) is 6.97. The van der Waals surface area contributed by atoms with Crippen LogP contribution in [0.5, 0.6) is 5.75 Å². The van der Waals surface area contributed by atoms with Gasteiger partial charge in [-0.1, -0.05) is 12.1 Å². The van der Waals surface area contributed by atoms with Gasteiger partial charge in [0, 0.05) is 6.54 Å². The first-order chi connectivity index (χ1) is 9.74. The van der Waals surface area contributed by atoms with E-state index in [0.29, 0.717) is 11.4 Å². The van der Waals surface area contributed by atoms with Crippen LogP contribution in [0, 0.1) is 0 Å². The fourth-order valence-corrected chi connectivity index (χ4v) is 1.69. The number of anilines is 1. The maximum Gasteiger partial charge on any atom is 0.414 e. The Hall–Kier alpha value is -2.24. The van der Waals surface area contributed by atoms with Crippen molar-refractivity contribution in [3.63, 3.8) is 0 Å². The summed E-state index contributed by atoms with van der Waals surface area (Å²) in [5, 5.41) is 8.84. The summed E-state index contributed by atoms with van der Waals surface area (Å²) in [5.41, 5.74) is -0.184. The molecule has 0 saturated carbocycles. The standard InChI is InChI=1S/C15H21NO5/c1-15(2,3)21-14(19)16(10-9-13(17)18)11-7-5-6-8-12(11)20-4/h5-8H,9-10H2,1-4H3,(H,17,18). The van der Waals surface area contributed by atoms with Crippen LogP contribution >= 0.6 is 0 Å². The topological polar surface area (TPSA) is 76.1 Å². The summed E-state index contributed by atoms with van der Waals surface area (Å²) in [6.07, 6.45) is -0.787. The molecule has 1 rings (SSSR count). The summed E-state index contributed by atoms with van der Waals surface area (Å²) < 4.78 is 10.5. The number of carboxylic acids is 1. The van der Waals surface area contributed by atoms with Gasteiger partial charge in [-0.2, -0.15) is 0 Å². The second-order valence-electron chi connectivity index (χ2n) is 5.45. The van der Waals surface area contributed by atoms with E-state index in [1.807, 2.05) is 0 Å². The van der Waals surface area contributed by atoms with E-state index in [1.54, 1.807) is 45.0 Å². The van der Waals surface area contributed by atoms with Gasteiger partial charge in [-0.25, -0.2) is 4.79 Å². The Morgan fingerprint density at radius 3 is 2.38 bits per heavy atom. The largest absolute Gasteiger partial charge is 0.495 e. The SMILES string of the molecule is COc1ccccc1N(CCC(=O)O)C(=O)OC(C)(C)C. The first-order valence-corrected chi connectivity index (χ1v) is 6.60. The van der Waals surface area contributed by atoms with Crippen LogP contribution in [0.3, 0.4) is 0 Å². The summed E-state index contributed by atoms with van der Waals surface area (Å²) in [7, 11) is 1.49. The predicted molar refractivity (Wildman–Crippen MR) is 78.8 cm³/mol. The van der Waals surface area contributed by atoms with Crippen LogP contribution in [0.1, 0.15) is 27.2 Å². The molecule has 0 fully saturated rings. The number of methoxy groups -OCH3 is 1. The molecule has 0 spiro atoms. The first kappa shape index (κ1) is 16.8. The lowest BCUT2D eigenvalue weighted by atomic mass is 10.2. The highest BCUT2D eigenvalue weighted by atomic mass is 16.6. The molecule has 0 aliphatic rings. The number of carbonyl (C=O) groups excluding carboxylic acids is 1. The average molecular weight is 295 g/mol. The molecule has 0 saturated heterocycles. The van der Waals surface area contributed by atoms with E-state index in [1.165, 1.54) is 12.0 Å². The third kappa shape index (κ3) is 5.33. The number of amides is 1. The number of aliphatic carboxylic acids is 1. The maximum absolute atomic E-state index is 12.3. The third-order valence-electron chi connectivity index (χ3n) is 2.54. The van der Waals surface area contributed by atoms with Crippen LogP contribution in [-0.4, -0.2) is 36.4 Å². The Morgan fingerprint density at radius 1 is 1.24 bits per heavy atom. The smallest absolute Gasteiger partial charge is 0.414 e. The Labute approximate surface area is 124 Å². The first-order valence-electron chi connectivity index (χ1n) is 6.60. The Bertz CT molecular complexity index is 507. The van der Waals surface area contributed by atoms with Gasteiger partial charge in [0.15, 0.2) is 0 Å². The van der Waals surface area contributed by atoms with Crippen molar-refractivity contribution in [3.05, 3.63) is 24.3 Å². The molecule has 0 aliphatic heterocycles. The van der Waals surface area contributed by atoms with Gasteiger partial charge in [0.2, 0.25) is 0 Å². The monoisotopic (exact) mass is 295 g/mol. The zero-order chi connectivity index (χ0) is 16.0. The Kier molecular flexibility index (Phi) is 5.58. The molecule has 0 aliphatic carbocycles. The minimum absolute atomic E-state index is 0.00458. The number of carbonyl (C=O) groups is 2. The van der Waals surface area contributed by atoms with Gasteiger partial charge < -0.3 is 14.6 Å². The lowest BCUT2D eigenvalue weighted by molar-refractivity contribution is -0.136. The van der Waals surface area contributed by atoms with Gasteiger partial charge >= 0.3 is 12.1 Å². The molecular weight excluding hydrogens is 274 g/mol. The van der Waals surface area contributed by atoms with Gasteiger partial charge in [-0.15, -0.1) is 0 Å². The number of hydrogen-bond donors (Lipinski definition) is 1.